The van der Waals surface area contributed by atoms with Crippen molar-refractivity contribution in [3.8, 4) is 11.1 Å². The molecule has 1 aliphatic carbocycles. The first-order chi connectivity index (χ1) is 15.5. The molecule has 0 saturated heterocycles. The fourth-order valence-electron chi connectivity index (χ4n) is 5.25. The molecule has 0 radical (unpaired) electrons. The number of hydrogen-bond donors (Lipinski definition) is 0. The Bertz CT molecular complexity index is 1060. The maximum absolute atomic E-state index is 15.4. The predicted molar refractivity (Wildman–Crippen MR) is 127 cm³/mol. The molecule has 0 heterocycles. The molecule has 0 amide bonds. The third-order valence-corrected chi connectivity index (χ3v) is 7.36. The third-order valence-electron chi connectivity index (χ3n) is 7.36. The average Bonchev–Trinajstić information content (AvgIpc) is 2.82. The number of rotatable bonds is 7. The second-order valence-electron chi connectivity index (χ2n) is 9.39. The summed E-state index contributed by atoms with van der Waals surface area (Å²) in [5.74, 6) is -1.26. The third kappa shape index (κ3) is 4.58. The second-order valence-corrected chi connectivity index (χ2v) is 9.39. The fourth-order valence-corrected chi connectivity index (χ4v) is 5.25. The minimum Gasteiger partial charge on any atom is -0.206 e. The van der Waals surface area contributed by atoms with E-state index in [1.807, 2.05) is 12.1 Å². The smallest absolute Gasteiger partial charge is 0.169 e. The maximum atomic E-state index is 15.4. The lowest BCUT2D eigenvalue weighted by molar-refractivity contribution is 0.319. The molecular weight excluding hydrogens is 405 g/mol. The molecule has 32 heavy (non-hydrogen) atoms. The van der Waals surface area contributed by atoms with E-state index in [0.717, 1.165) is 25.2 Å². The zero-order valence-corrected chi connectivity index (χ0v) is 19.2. The van der Waals surface area contributed by atoms with Crippen LogP contribution in [0.2, 0.25) is 0 Å². The Morgan fingerprint density at radius 1 is 0.781 bits per heavy atom. The van der Waals surface area contributed by atoms with Crippen molar-refractivity contribution in [3.63, 3.8) is 0 Å². The van der Waals surface area contributed by atoms with E-state index in [-0.39, 0.29) is 5.39 Å². The summed E-state index contributed by atoms with van der Waals surface area (Å²) in [4.78, 5) is 0. The van der Waals surface area contributed by atoms with Crippen molar-refractivity contribution in [2.24, 2.45) is 5.92 Å². The van der Waals surface area contributed by atoms with Gasteiger partial charge in [-0.2, -0.15) is 0 Å². The molecule has 1 fully saturated rings. The summed E-state index contributed by atoms with van der Waals surface area (Å²) in [5.41, 5.74) is 2.63. The van der Waals surface area contributed by atoms with Gasteiger partial charge in [-0.15, -0.1) is 0 Å². The van der Waals surface area contributed by atoms with E-state index >= 15 is 4.39 Å². The van der Waals surface area contributed by atoms with E-state index in [0.29, 0.717) is 34.4 Å². The van der Waals surface area contributed by atoms with Crippen LogP contribution in [-0.2, 0) is 6.42 Å². The number of hydrogen-bond acceptors (Lipinski definition) is 0. The summed E-state index contributed by atoms with van der Waals surface area (Å²) in [7, 11) is 0. The van der Waals surface area contributed by atoms with Gasteiger partial charge in [0.15, 0.2) is 11.6 Å². The predicted octanol–water partition coefficient (Wildman–Crippen LogP) is 9.34. The Labute approximate surface area is 189 Å². The van der Waals surface area contributed by atoms with Crippen LogP contribution in [0, 0.1) is 23.4 Å². The summed E-state index contributed by atoms with van der Waals surface area (Å²) in [5, 5.41) is 0.169. The van der Waals surface area contributed by atoms with Crippen LogP contribution in [0.1, 0.15) is 82.3 Å². The van der Waals surface area contributed by atoms with Gasteiger partial charge in [0.05, 0.1) is 5.39 Å². The number of aryl methyl sites for hydroxylation is 1. The van der Waals surface area contributed by atoms with Crippen LogP contribution in [0.25, 0.3) is 21.9 Å². The highest BCUT2D eigenvalue weighted by Crippen LogP contribution is 2.38. The van der Waals surface area contributed by atoms with Crippen LogP contribution in [0.15, 0.2) is 42.5 Å². The fraction of sp³-hybridized carbons (Fsp3) is 0.448. The molecule has 0 N–H and O–H groups in total. The zero-order valence-electron chi connectivity index (χ0n) is 19.2. The van der Waals surface area contributed by atoms with E-state index in [9.17, 15) is 8.78 Å². The van der Waals surface area contributed by atoms with Crippen LogP contribution in [0.4, 0.5) is 13.2 Å². The molecule has 3 aromatic rings. The molecule has 0 bridgehead atoms. The van der Waals surface area contributed by atoms with Crippen molar-refractivity contribution in [1.29, 1.82) is 0 Å². The van der Waals surface area contributed by atoms with Crippen LogP contribution in [0.5, 0.6) is 0 Å². The molecule has 3 aromatic carbocycles. The number of fused-ring (bicyclic) bond motifs is 1. The standard InChI is InChI=1S/C29H33F3/c1-3-5-6-7-24-18-23-16-17-25(28(31)26(23)29(32)27(24)30)22-14-12-21(13-15-22)20-10-8-19(4-2)9-11-20/h12-20H,3-11H2,1-2H3. The Balaban J connectivity index is 1.61. The minimum atomic E-state index is -1.07. The number of halogens is 3. The quantitative estimate of drug-likeness (QED) is 0.322. The van der Waals surface area contributed by atoms with Crippen molar-refractivity contribution >= 4 is 10.8 Å². The van der Waals surface area contributed by atoms with Crippen LogP contribution in [-0.4, -0.2) is 0 Å². The van der Waals surface area contributed by atoms with E-state index < -0.39 is 17.5 Å². The van der Waals surface area contributed by atoms with Crippen LogP contribution >= 0.6 is 0 Å². The van der Waals surface area contributed by atoms with Gasteiger partial charge >= 0.3 is 0 Å². The van der Waals surface area contributed by atoms with E-state index in [1.54, 1.807) is 18.2 Å². The molecule has 0 unspecified atom stereocenters. The monoisotopic (exact) mass is 438 g/mol. The van der Waals surface area contributed by atoms with Gasteiger partial charge in [-0.3, -0.25) is 0 Å². The molecule has 1 saturated carbocycles. The van der Waals surface area contributed by atoms with Crippen molar-refractivity contribution in [1.82, 2.24) is 0 Å². The van der Waals surface area contributed by atoms with Gasteiger partial charge in [-0.25, -0.2) is 13.2 Å². The average molecular weight is 439 g/mol. The highest BCUT2D eigenvalue weighted by molar-refractivity contribution is 5.89. The Morgan fingerprint density at radius 2 is 1.50 bits per heavy atom. The number of unbranched alkanes of at least 4 members (excludes halogenated alkanes) is 2. The van der Waals surface area contributed by atoms with Gasteiger partial charge in [0, 0.05) is 5.56 Å². The van der Waals surface area contributed by atoms with E-state index in [1.165, 1.54) is 37.7 Å². The molecule has 4 rings (SSSR count). The first-order valence-corrected chi connectivity index (χ1v) is 12.2. The van der Waals surface area contributed by atoms with E-state index in [4.69, 9.17) is 0 Å². The molecule has 0 spiro atoms. The molecule has 170 valence electrons. The first-order valence-electron chi connectivity index (χ1n) is 12.2. The minimum absolute atomic E-state index is 0.249. The highest BCUT2D eigenvalue weighted by atomic mass is 19.2. The normalized spacial score (nSPS) is 18.9. The number of benzene rings is 3. The maximum Gasteiger partial charge on any atom is 0.169 e. The summed E-state index contributed by atoms with van der Waals surface area (Å²) in [6, 6.07) is 13.0. The Hall–Kier alpha value is -2.29. The SMILES string of the molecule is CCCCCc1cc2ccc(-c3ccc(C4CCC(CC)CC4)cc3)c(F)c2c(F)c1F. The molecule has 3 heteroatoms. The van der Waals surface area contributed by atoms with Crippen molar-refractivity contribution in [2.75, 3.05) is 0 Å². The molecule has 0 aromatic heterocycles. The topological polar surface area (TPSA) is 0 Å². The lowest BCUT2D eigenvalue weighted by atomic mass is 9.77. The van der Waals surface area contributed by atoms with E-state index in [2.05, 4.69) is 26.0 Å². The van der Waals surface area contributed by atoms with Crippen molar-refractivity contribution in [3.05, 3.63) is 71.0 Å². The molecule has 0 aliphatic heterocycles. The van der Waals surface area contributed by atoms with Gasteiger partial charge in [0.25, 0.3) is 0 Å². The van der Waals surface area contributed by atoms with Gasteiger partial charge in [-0.05, 0) is 78.5 Å². The van der Waals surface area contributed by atoms with Crippen molar-refractivity contribution in [2.45, 2.75) is 77.6 Å². The molecule has 0 atom stereocenters. The van der Waals surface area contributed by atoms with Gasteiger partial charge in [0.2, 0.25) is 0 Å². The van der Waals surface area contributed by atoms with Crippen molar-refractivity contribution < 1.29 is 13.2 Å². The molecule has 0 nitrogen and oxygen atoms in total. The highest BCUT2D eigenvalue weighted by Gasteiger charge is 2.22. The largest absolute Gasteiger partial charge is 0.206 e. The lowest BCUT2D eigenvalue weighted by Gasteiger charge is -2.28. The van der Waals surface area contributed by atoms with Crippen LogP contribution < -0.4 is 0 Å². The van der Waals surface area contributed by atoms with Gasteiger partial charge in [-0.1, -0.05) is 69.5 Å². The Morgan fingerprint density at radius 3 is 2.16 bits per heavy atom. The Kier molecular flexibility index (Phi) is 7.23. The summed E-state index contributed by atoms with van der Waals surface area (Å²) in [6.07, 6.45) is 9.44. The van der Waals surface area contributed by atoms with Gasteiger partial charge in [0.1, 0.15) is 5.82 Å². The van der Waals surface area contributed by atoms with Crippen LogP contribution in [0.3, 0.4) is 0 Å². The summed E-state index contributed by atoms with van der Waals surface area (Å²) in [6.45, 7) is 4.33. The second kappa shape index (κ2) is 10.1. The summed E-state index contributed by atoms with van der Waals surface area (Å²) >= 11 is 0. The zero-order chi connectivity index (χ0) is 22.7. The summed E-state index contributed by atoms with van der Waals surface area (Å²) < 4.78 is 44.9. The molecule has 1 aliphatic rings. The molecular formula is C29H33F3. The lowest BCUT2D eigenvalue weighted by Crippen LogP contribution is -2.12. The first kappa shape index (κ1) is 22.9. The van der Waals surface area contributed by atoms with Gasteiger partial charge < -0.3 is 0 Å².